The van der Waals surface area contributed by atoms with Crippen LogP contribution in [0.5, 0.6) is 0 Å². The molecule has 9 heteroatoms. The first-order valence-corrected chi connectivity index (χ1v) is 8.64. The Morgan fingerprint density at radius 2 is 1.96 bits per heavy atom. The third kappa shape index (κ3) is 2.48. The molecule has 1 aliphatic heterocycles. The van der Waals surface area contributed by atoms with Gasteiger partial charge in [-0.3, -0.25) is 9.48 Å². The molecule has 1 aliphatic carbocycles. The van der Waals surface area contributed by atoms with Crippen molar-refractivity contribution in [2.24, 2.45) is 11.8 Å². The van der Waals surface area contributed by atoms with Crippen molar-refractivity contribution in [3.05, 3.63) is 57.9 Å². The van der Waals surface area contributed by atoms with Crippen molar-refractivity contribution >= 4 is 10.9 Å². The summed E-state index contributed by atoms with van der Waals surface area (Å²) in [5.74, 6) is -0.0379. The number of halogens is 3. The molecular weight excluding hydrogens is 361 g/mol. The molecule has 0 N–H and O–H groups in total. The van der Waals surface area contributed by atoms with E-state index in [1.807, 2.05) is 0 Å². The second kappa shape index (κ2) is 5.91. The smallest absolute Gasteiger partial charge is 0.295 e. The van der Waals surface area contributed by atoms with Crippen molar-refractivity contribution in [1.82, 2.24) is 19.6 Å². The van der Waals surface area contributed by atoms with Crippen molar-refractivity contribution in [2.75, 3.05) is 13.2 Å². The number of nitrogens with zero attached hydrogens (tertiary/aromatic N) is 4. The van der Waals surface area contributed by atoms with Crippen molar-refractivity contribution in [3.63, 3.8) is 0 Å². The molecule has 1 saturated heterocycles. The van der Waals surface area contributed by atoms with Crippen LogP contribution in [0.2, 0.25) is 0 Å². The van der Waals surface area contributed by atoms with Crippen LogP contribution in [0.25, 0.3) is 10.9 Å². The summed E-state index contributed by atoms with van der Waals surface area (Å²) < 4.78 is 48.9. The van der Waals surface area contributed by atoms with Gasteiger partial charge in [-0.1, -0.05) is 18.2 Å². The van der Waals surface area contributed by atoms with Gasteiger partial charge in [0.1, 0.15) is 11.5 Å². The fourth-order valence-electron chi connectivity index (χ4n) is 3.98. The van der Waals surface area contributed by atoms with E-state index in [9.17, 15) is 18.0 Å². The third-order valence-corrected chi connectivity index (χ3v) is 5.43. The molecule has 27 heavy (non-hydrogen) atoms. The van der Waals surface area contributed by atoms with Gasteiger partial charge in [-0.25, -0.2) is 17.9 Å². The van der Waals surface area contributed by atoms with E-state index in [1.54, 1.807) is 6.07 Å². The average Bonchev–Trinajstić information content (AvgIpc) is 2.98. The molecule has 0 bridgehead atoms. The van der Waals surface area contributed by atoms with E-state index in [4.69, 9.17) is 4.74 Å². The lowest BCUT2D eigenvalue weighted by molar-refractivity contribution is 0.141. The Balaban J connectivity index is 1.61. The second-order valence-electron chi connectivity index (χ2n) is 6.95. The van der Waals surface area contributed by atoms with Crippen LogP contribution in [0.1, 0.15) is 23.7 Å². The van der Waals surface area contributed by atoms with Crippen LogP contribution in [0.3, 0.4) is 0 Å². The number of hydrogen-bond acceptors (Lipinski definition) is 4. The van der Waals surface area contributed by atoms with Crippen LogP contribution >= 0.6 is 0 Å². The highest BCUT2D eigenvalue weighted by Gasteiger charge is 2.56. The molecule has 5 rings (SSSR count). The summed E-state index contributed by atoms with van der Waals surface area (Å²) in [6.07, 6.45) is -1.61. The summed E-state index contributed by atoms with van der Waals surface area (Å²) in [6.45, 7) is 0.958. The van der Waals surface area contributed by atoms with Crippen LogP contribution < -0.4 is 5.56 Å². The zero-order valence-corrected chi connectivity index (χ0v) is 14.1. The first-order valence-electron chi connectivity index (χ1n) is 8.64. The van der Waals surface area contributed by atoms with Crippen molar-refractivity contribution in [1.29, 1.82) is 0 Å². The summed E-state index contributed by atoms with van der Waals surface area (Å²) in [6, 6.07) is 5.82. The molecule has 0 amide bonds. The number of ether oxygens (including phenoxy) is 1. The maximum absolute atomic E-state index is 13.9. The first kappa shape index (κ1) is 16.5. The lowest BCUT2D eigenvalue weighted by Gasteiger charge is -2.08. The summed E-state index contributed by atoms with van der Waals surface area (Å²) in [5, 5.41) is 8.22. The quantitative estimate of drug-likeness (QED) is 0.702. The monoisotopic (exact) mass is 376 g/mol. The number of rotatable bonds is 4. The Bertz CT molecular complexity index is 1080. The van der Waals surface area contributed by atoms with E-state index in [0.29, 0.717) is 13.2 Å². The van der Waals surface area contributed by atoms with E-state index < -0.39 is 23.5 Å². The SMILES string of the molecule is O=c1c2nn(Cc3ccccc3F)c(C(F)F)c2cnn1[C@H]1[C@@H]2COC[C@@H]21. The van der Waals surface area contributed by atoms with E-state index >= 15 is 0 Å². The molecular formula is C18H15F3N4O2. The largest absolute Gasteiger partial charge is 0.381 e. The molecule has 1 saturated carbocycles. The number of aromatic nitrogens is 4. The molecule has 0 unspecified atom stereocenters. The molecule has 2 fully saturated rings. The van der Waals surface area contributed by atoms with Crippen LogP contribution in [0.15, 0.2) is 35.3 Å². The minimum absolute atomic E-state index is 0.00430. The molecule has 0 radical (unpaired) electrons. The predicted molar refractivity (Wildman–Crippen MR) is 89.1 cm³/mol. The molecule has 1 aromatic carbocycles. The molecule has 0 spiro atoms. The number of fused-ring (bicyclic) bond motifs is 2. The number of benzene rings is 1. The minimum Gasteiger partial charge on any atom is -0.381 e. The Morgan fingerprint density at radius 3 is 2.67 bits per heavy atom. The fourth-order valence-corrected chi connectivity index (χ4v) is 3.98. The maximum atomic E-state index is 13.9. The van der Waals surface area contributed by atoms with E-state index in [-0.39, 0.29) is 40.9 Å². The van der Waals surface area contributed by atoms with Crippen molar-refractivity contribution in [2.45, 2.75) is 19.0 Å². The summed E-state index contributed by atoms with van der Waals surface area (Å²) >= 11 is 0. The molecule has 3 atom stereocenters. The van der Waals surface area contributed by atoms with Gasteiger partial charge in [-0.15, -0.1) is 0 Å². The zero-order chi connectivity index (χ0) is 18.7. The molecule has 3 heterocycles. The predicted octanol–water partition coefficient (Wildman–Crippen LogP) is 2.54. The molecule has 2 aromatic heterocycles. The van der Waals surface area contributed by atoms with Gasteiger partial charge in [-0.2, -0.15) is 10.2 Å². The van der Waals surface area contributed by atoms with E-state index in [0.717, 1.165) is 4.68 Å². The highest BCUT2D eigenvalue weighted by Crippen LogP contribution is 2.53. The van der Waals surface area contributed by atoms with Gasteiger partial charge < -0.3 is 4.74 Å². The van der Waals surface area contributed by atoms with Gasteiger partial charge in [0.2, 0.25) is 0 Å². The van der Waals surface area contributed by atoms with E-state index in [1.165, 1.54) is 29.1 Å². The summed E-state index contributed by atoms with van der Waals surface area (Å²) in [4.78, 5) is 12.8. The molecule has 140 valence electrons. The van der Waals surface area contributed by atoms with Gasteiger partial charge in [-0.05, 0) is 6.07 Å². The molecule has 3 aromatic rings. The van der Waals surface area contributed by atoms with Crippen LogP contribution in [-0.4, -0.2) is 32.8 Å². The first-order chi connectivity index (χ1) is 13.1. The summed E-state index contributed by atoms with van der Waals surface area (Å²) in [7, 11) is 0. The Kier molecular flexibility index (Phi) is 3.61. The van der Waals surface area contributed by atoms with Gasteiger partial charge in [0.25, 0.3) is 12.0 Å². The van der Waals surface area contributed by atoms with Gasteiger partial charge in [0, 0.05) is 17.4 Å². The van der Waals surface area contributed by atoms with Gasteiger partial charge in [0.05, 0.1) is 37.4 Å². The highest BCUT2D eigenvalue weighted by atomic mass is 19.3. The highest BCUT2D eigenvalue weighted by molar-refractivity contribution is 5.80. The average molecular weight is 376 g/mol. The topological polar surface area (TPSA) is 61.9 Å². The summed E-state index contributed by atoms with van der Waals surface area (Å²) in [5.41, 5.74) is -0.776. The lowest BCUT2D eigenvalue weighted by Crippen LogP contribution is -2.24. The fraction of sp³-hybridized carbons (Fsp3) is 0.389. The standard InChI is InChI=1S/C18H15F3N4O2/c19-13-4-2-1-3-9(13)6-24-16(17(20)21)10-5-22-25(18(26)14(10)23-24)15-11-7-27-8-12(11)15/h1-5,11-12,15,17H,6-8H2/t11-,12+,15+. The molecule has 6 nitrogen and oxygen atoms in total. The zero-order valence-electron chi connectivity index (χ0n) is 14.1. The van der Waals surface area contributed by atoms with Gasteiger partial charge in [0.15, 0.2) is 5.52 Å². The van der Waals surface area contributed by atoms with Gasteiger partial charge >= 0.3 is 0 Å². The van der Waals surface area contributed by atoms with Crippen LogP contribution in [-0.2, 0) is 11.3 Å². The Hall–Kier alpha value is -2.68. The Labute approximate surface area is 151 Å². The van der Waals surface area contributed by atoms with Crippen LogP contribution in [0, 0.1) is 17.7 Å². The second-order valence-corrected chi connectivity index (χ2v) is 6.95. The Morgan fingerprint density at radius 1 is 1.22 bits per heavy atom. The van der Waals surface area contributed by atoms with Crippen molar-refractivity contribution < 1.29 is 17.9 Å². The molecule has 2 aliphatic rings. The number of hydrogen-bond donors (Lipinski definition) is 0. The minimum atomic E-state index is -2.87. The third-order valence-electron chi connectivity index (χ3n) is 5.43. The number of alkyl halides is 2. The van der Waals surface area contributed by atoms with E-state index in [2.05, 4.69) is 10.2 Å². The van der Waals surface area contributed by atoms with Crippen LogP contribution in [0.4, 0.5) is 13.2 Å². The lowest BCUT2D eigenvalue weighted by atomic mass is 10.2. The normalized spacial score (nSPS) is 23.9. The van der Waals surface area contributed by atoms with Crippen molar-refractivity contribution in [3.8, 4) is 0 Å². The maximum Gasteiger partial charge on any atom is 0.295 e.